The minimum atomic E-state index is -0.593. The topological polar surface area (TPSA) is 69.6 Å². The second-order valence-electron chi connectivity index (χ2n) is 6.91. The van der Waals surface area contributed by atoms with E-state index < -0.39 is 17.0 Å². The SMILES string of the molecule is C[C@@H](O)CNc1c(/C=C2/N(C)c3ccccc3C2(C)C)c(=O)c1=O. The highest BCUT2D eigenvalue weighted by Crippen LogP contribution is 2.47. The Bertz CT molecular complexity index is 886. The first kappa shape index (κ1) is 16.5. The molecule has 0 saturated carbocycles. The van der Waals surface area contributed by atoms with Crippen molar-refractivity contribution >= 4 is 17.5 Å². The maximum atomic E-state index is 12.0. The van der Waals surface area contributed by atoms with Crippen molar-refractivity contribution in [2.24, 2.45) is 0 Å². The number of nitrogens with zero attached hydrogens (tertiary/aromatic N) is 1. The van der Waals surface area contributed by atoms with Crippen molar-refractivity contribution in [2.45, 2.75) is 32.3 Å². The number of benzene rings is 1. The second kappa shape index (κ2) is 5.60. The quantitative estimate of drug-likeness (QED) is 0.839. The molecule has 1 atom stereocenters. The average Bonchev–Trinajstić information content (AvgIpc) is 2.74. The summed E-state index contributed by atoms with van der Waals surface area (Å²) in [6.45, 7) is 6.08. The third-order valence-electron chi connectivity index (χ3n) is 4.74. The largest absolute Gasteiger partial charge is 0.392 e. The van der Waals surface area contributed by atoms with E-state index in [1.807, 2.05) is 25.2 Å². The van der Waals surface area contributed by atoms with Gasteiger partial charge in [0.25, 0.3) is 0 Å². The van der Waals surface area contributed by atoms with E-state index in [0.29, 0.717) is 11.3 Å². The highest BCUT2D eigenvalue weighted by atomic mass is 16.3. The Hall–Kier alpha value is -2.40. The first-order valence-corrected chi connectivity index (χ1v) is 8.05. The van der Waals surface area contributed by atoms with Gasteiger partial charge in [-0.05, 0) is 24.6 Å². The van der Waals surface area contributed by atoms with Crippen LogP contribution in [0, 0.1) is 0 Å². The van der Waals surface area contributed by atoms with Crippen LogP contribution in [-0.4, -0.2) is 24.8 Å². The number of para-hydroxylation sites is 1. The molecule has 3 rings (SSSR count). The van der Waals surface area contributed by atoms with Gasteiger partial charge in [0.05, 0.1) is 17.4 Å². The zero-order valence-corrected chi connectivity index (χ0v) is 14.4. The van der Waals surface area contributed by atoms with Crippen LogP contribution in [0.25, 0.3) is 6.08 Å². The van der Waals surface area contributed by atoms with Gasteiger partial charge in [-0.3, -0.25) is 9.59 Å². The Balaban J connectivity index is 2.03. The van der Waals surface area contributed by atoms with Crippen molar-refractivity contribution in [3.05, 3.63) is 61.5 Å². The summed E-state index contributed by atoms with van der Waals surface area (Å²) in [5, 5.41) is 12.3. The van der Waals surface area contributed by atoms with Crippen LogP contribution in [0.15, 0.2) is 39.6 Å². The smallest absolute Gasteiger partial charge is 0.250 e. The number of nitrogens with one attached hydrogen (secondary N) is 1. The molecule has 5 heteroatoms. The highest BCUT2D eigenvalue weighted by Gasteiger charge is 2.38. The molecule has 24 heavy (non-hydrogen) atoms. The molecule has 0 fully saturated rings. The van der Waals surface area contributed by atoms with E-state index >= 15 is 0 Å². The van der Waals surface area contributed by atoms with E-state index in [1.165, 1.54) is 5.56 Å². The Morgan fingerprint density at radius 1 is 1.25 bits per heavy atom. The molecule has 1 heterocycles. The van der Waals surface area contributed by atoms with E-state index in [-0.39, 0.29) is 12.0 Å². The second-order valence-corrected chi connectivity index (χ2v) is 6.91. The third kappa shape index (κ3) is 2.36. The number of aliphatic hydroxyl groups excluding tert-OH is 1. The summed E-state index contributed by atoms with van der Waals surface area (Å²) >= 11 is 0. The van der Waals surface area contributed by atoms with Gasteiger partial charge in [-0.15, -0.1) is 0 Å². The molecule has 0 spiro atoms. The summed E-state index contributed by atoms with van der Waals surface area (Å²) in [7, 11) is 1.97. The van der Waals surface area contributed by atoms with Crippen molar-refractivity contribution < 1.29 is 5.11 Å². The number of aliphatic hydroxyl groups is 1. The van der Waals surface area contributed by atoms with Gasteiger partial charge in [0.1, 0.15) is 0 Å². The molecule has 2 aromatic carbocycles. The van der Waals surface area contributed by atoms with Crippen molar-refractivity contribution in [3.8, 4) is 0 Å². The summed E-state index contributed by atoms with van der Waals surface area (Å²) in [4.78, 5) is 25.9. The van der Waals surface area contributed by atoms with E-state index in [4.69, 9.17) is 0 Å². The predicted molar refractivity (Wildman–Crippen MR) is 97.4 cm³/mol. The van der Waals surface area contributed by atoms with Crippen molar-refractivity contribution in [1.29, 1.82) is 0 Å². The van der Waals surface area contributed by atoms with E-state index in [9.17, 15) is 14.7 Å². The van der Waals surface area contributed by atoms with Crippen LogP contribution in [0.1, 0.15) is 31.9 Å². The predicted octanol–water partition coefficient (Wildman–Crippen LogP) is 1.84. The van der Waals surface area contributed by atoms with Crippen LogP contribution >= 0.6 is 0 Å². The van der Waals surface area contributed by atoms with Crippen molar-refractivity contribution in [2.75, 3.05) is 23.8 Å². The summed E-state index contributed by atoms with van der Waals surface area (Å²) in [5.74, 6) is 0. The number of likely N-dealkylation sites (N-methyl/N-ethyl adjacent to an activating group) is 1. The van der Waals surface area contributed by atoms with Crippen molar-refractivity contribution in [3.63, 3.8) is 0 Å². The molecule has 1 aliphatic rings. The molecule has 126 valence electrons. The molecule has 2 N–H and O–H groups in total. The summed E-state index contributed by atoms with van der Waals surface area (Å²) in [6.07, 6.45) is 1.21. The van der Waals surface area contributed by atoms with Crippen LogP contribution < -0.4 is 21.1 Å². The zero-order chi connectivity index (χ0) is 17.6. The number of anilines is 2. The van der Waals surface area contributed by atoms with Gasteiger partial charge < -0.3 is 15.3 Å². The summed E-state index contributed by atoms with van der Waals surface area (Å²) < 4.78 is 0. The maximum absolute atomic E-state index is 12.0. The lowest BCUT2D eigenvalue weighted by molar-refractivity contribution is 0.208. The molecule has 0 amide bonds. The average molecular weight is 326 g/mol. The van der Waals surface area contributed by atoms with Gasteiger partial charge in [0.15, 0.2) is 0 Å². The van der Waals surface area contributed by atoms with Gasteiger partial charge in [0.2, 0.25) is 10.9 Å². The van der Waals surface area contributed by atoms with Gasteiger partial charge in [-0.2, -0.15) is 0 Å². The summed E-state index contributed by atoms with van der Waals surface area (Å²) in [5.41, 5.74) is 2.70. The normalized spacial score (nSPS) is 18.9. The van der Waals surface area contributed by atoms with Gasteiger partial charge >= 0.3 is 0 Å². The molecule has 0 unspecified atom stereocenters. The lowest BCUT2D eigenvalue weighted by atomic mass is 9.83. The van der Waals surface area contributed by atoms with Crippen LogP contribution in [0.2, 0.25) is 0 Å². The number of allylic oxidation sites excluding steroid dienone is 1. The van der Waals surface area contributed by atoms with E-state index in [0.717, 1.165) is 11.4 Å². The molecule has 5 nitrogen and oxygen atoms in total. The van der Waals surface area contributed by atoms with Gasteiger partial charge in [0, 0.05) is 30.4 Å². The van der Waals surface area contributed by atoms with Gasteiger partial charge in [-0.25, -0.2) is 0 Å². The molecule has 0 aliphatic carbocycles. The van der Waals surface area contributed by atoms with Crippen LogP contribution in [-0.2, 0) is 5.41 Å². The molecular formula is C19H22N2O3. The Morgan fingerprint density at radius 3 is 2.54 bits per heavy atom. The number of fused-ring (bicyclic) bond motifs is 1. The van der Waals surface area contributed by atoms with Crippen LogP contribution in [0.3, 0.4) is 0 Å². The van der Waals surface area contributed by atoms with Crippen LogP contribution in [0.5, 0.6) is 0 Å². The van der Waals surface area contributed by atoms with Crippen LogP contribution in [0.4, 0.5) is 11.4 Å². The number of hydrogen-bond donors (Lipinski definition) is 2. The third-order valence-corrected chi connectivity index (χ3v) is 4.74. The highest BCUT2D eigenvalue weighted by molar-refractivity contribution is 5.80. The minimum absolute atomic E-state index is 0.237. The lowest BCUT2D eigenvalue weighted by Crippen LogP contribution is -2.39. The minimum Gasteiger partial charge on any atom is -0.392 e. The molecule has 1 aliphatic heterocycles. The zero-order valence-electron chi connectivity index (χ0n) is 14.4. The number of hydrogen-bond acceptors (Lipinski definition) is 5. The Kier molecular flexibility index (Phi) is 3.84. The Labute approximate surface area is 140 Å². The molecule has 0 bridgehead atoms. The van der Waals surface area contributed by atoms with Gasteiger partial charge in [-0.1, -0.05) is 32.0 Å². The first-order valence-electron chi connectivity index (χ1n) is 8.05. The fourth-order valence-corrected chi connectivity index (χ4v) is 3.37. The fourth-order valence-electron chi connectivity index (χ4n) is 3.37. The van der Waals surface area contributed by atoms with Crippen molar-refractivity contribution in [1.82, 2.24) is 0 Å². The Morgan fingerprint density at radius 2 is 1.92 bits per heavy atom. The molecule has 0 radical (unpaired) electrons. The molecular weight excluding hydrogens is 304 g/mol. The fraction of sp³-hybridized carbons (Fsp3) is 0.368. The number of rotatable bonds is 4. The lowest BCUT2D eigenvalue weighted by Gasteiger charge is -2.25. The standard InChI is InChI=1S/C19H22N2O3/c1-11(22)10-20-16-12(17(23)18(16)24)9-15-19(2,3)13-7-5-6-8-14(13)21(15)4/h5-9,11,20,22H,10H2,1-4H3/b15-9+/t11-/m1/s1. The van der Waals surface area contributed by atoms with E-state index in [1.54, 1.807) is 13.0 Å². The first-order chi connectivity index (χ1) is 11.2. The molecule has 0 aromatic heterocycles. The maximum Gasteiger partial charge on any atom is 0.250 e. The van der Waals surface area contributed by atoms with E-state index in [2.05, 4.69) is 30.1 Å². The monoisotopic (exact) mass is 326 g/mol. The molecule has 2 aromatic rings. The summed E-state index contributed by atoms with van der Waals surface area (Å²) in [6, 6.07) is 8.12. The molecule has 0 saturated heterocycles.